The van der Waals surface area contributed by atoms with Gasteiger partial charge >= 0.3 is 0 Å². The highest BCUT2D eigenvalue weighted by atomic mass is 79.9. The van der Waals surface area contributed by atoms with E-state index in [1.807, 2.05) is 12.1 Å². The molecule has 0 radical (unpaired) electrons. The van der Waals surface area contributed by atoms with Crippen LogP contribution in [0.15, 0.2) is 46.9 Å². The van der Waals surface area contributed by atoms with Gasteiger partial charge in [0.15, 0.2) is 0 Å². The summed E-state index contributed by atoms with van der Waals surface area (Å²) in [6.07, 6.45) is 0. The van der Waals surface area contributed by atoms with E-state index >= 15 is 0 Å². The van der Waals surface area contributed by atoms with Crippen LogP contribution in [0.4, 0.5) is 0 Å². The maximum atomic E-state index is 5.94. The molecule has 2 rings (SSSR count). The lowest BCUT2D eigenvalue weighted by Gasteiger charge is -2.13. The zero-order valence-corrected chi connectivity index (χ0v) is 13.2. The Hall–Kier alpha value is -1.28. The minimum absolute atomic E-state index is 0.524. The minimum atomic E-state index is 0.524. The van der Waals surface area contributed by atoms with E-state index in [0.717, 1.165) is 10.2 Å². The van der Waals surface area contributed by atoms with Crippen LogP contribution in [0, 0.1) is 6.92 Å². The smallest absolute Gasteiger partial charge is 0.122 e. The van der Waals surface area contributed by atoms with E-state index in [0.29, 0.717) is 12.5 Å². The van der Waals surface area contributed by atoms with E-state index in [1.54, 1.807) is 0 Å². The molecule has 0 aliphatic carbocycles. The Labute approximate surface area is 123 Å². The third-order valence-corrected chi connectivity index (χ3v) is 3.72. The number of aryl methyl sites for hydroxylation is 1. The summed E-state index contributed by atoms with van der Waals surface area (Å²) in [7, 11) is 0. The molecule has 0 spiro atoms. The largest absolute Gasteiger partial charge is 0.489 e. The summed E-state index contributed by atoms with van der Waals surface area (Å²) in [6, 6.07) is 14.7. The molecule has 0 aliphatic heterocycles. The van der Waals surface area contributed by atoms with Crippen LogP contribution in [0.3, 0.4) is 0 Å². The molecule has 0 unspecified atom stereocenters. The van der Waals surface area contributed by atoms with Crippen LogP contribution in [-0.4, -0.2) is 0 Å². The van der Waals surface area contributed by atoms with Crippen LogP contribution < -0.4 is 4.74 Å². The molecule has 0 N–H and O–H groups in total. The first kappa shape index (κ1) is 14.1. The van der Waals surface area contributed by atoms with Gasteiger partial charge in [0.25, 0.3) is 0 Å². The molecule has 0 heterocycles. The molecule has 0 aliphatic rings. The molecule has 0 fully saturated rings. The second-order valence-corrected chi connectivity index (χ2v) is 6.01. The fourth-order valence-corrected chi connectivity index (χ4v) is 2.14. The molecule has 0 saturated heterocycles. The topological polar surface area (TPSA) is 9.23 Å². The summed E-state index contributed by atoms with van der Waals surface area (Å²) in [6.45, 7) is 7.09. The normalized spacial score (nSPS) is 10.8. The second-order valence-electron chi connectivity index (χ2n) is 5.09. The van der Waals surface area contributed by atoms with E-state index in [9.17, 15) is 0 Å². The van der Waals surface area contributed by atoms with Crippen molar-refractivity contribution in [2.45, 2.75) is 33.3 Å². The summed E-state index contributed by atoms with van der Waals surface area (Å²) in [4.78, 5) is 0. The molecule has 2 heteroatoms. The predicted octanol–water partition coefficient (Wildman–Crippen LogP) is 5.46. The van der Waals surface area contributed by atoms with Crippen LogP contribution in [-0.2, 0) is 6.61 Å². The first-order valence-corrected chi connectivity index (χ1v) is 7.33. The van der Waals surface area contributed by atoms with Gasteiger partial charge in [0, 0.05) is 4.47 Å². The molecule has 2 aromatic carbocycles. The van der Waals surface area contributed by atoms with Crippen LogP contribution in [0.25, 0.3) is 0 Å². The van der Waals surface area contributed by atoms with Gasteiger partial charge in [-0.25, -0.2) is 0 Å². The van der Waals surface area contributed by atoms with Crippen LogP contribution >= 0.6 is 15.9 Å². The Kier molecular flexibility index (Phi) is 4.65. The summed E-state index contributed by atoms with van der Waals surface area (Å²) < 4.78 is 7.03. The number of benzene rings is 2. The average Bonchev–Trinajstić information content (AvgIpc) is 2.39. The number of hydrogen-bond donors (Lipinski definition) is 0. The molecule has 0 atom stereocenters. The monoisotopic (exact) mass is 318 g/mol. The van der Waals surface area contributed by atoms with Crippen molar-refractivity contribution in [2.24, 2.45) is 0 Å². The first-order chi connectivity index (χ1) is 9.06. The summed E-state index contributed by atoms with van der Waals surface area (Å²) in [5.74, 6) is 1.50. The lowest BCUT2D eigenvalue weighted by molar-refractivity contribution is 0.303. The fourth-order valence-electron chi connectivity index (χ4n) is 1.87. The molecule has 0 amide bonds. The lowest BCUT2D eigenvalue weighted by atomic mass is 10.0. The standard InChI is InChI=1S/C17H19BrO/c1-12(2)15-7-4-13(3)17(10-15)19-11-14-5-8-16(18)9-6-14/h4-10,12H,11H2,1-3H3. The predicted molar refractivity (Wildman–Crippen MR) is 83.7 cm³/mol. The van der Waals surface area contributed by atoms with Crippen molar-refractivity contribution < 1.29 is 4.74 Å². The van der Waals surface area contributed by atoms with Crippen molar-refractivity contribution in [3.8, 4) is 5.75 Å². The van der Waals surface area contributed by atoms with Gasteiger partial charge in [0.05, 0.1) is 0 Å². The van der Waals surface area contributed by atoms with Gasteiger partial charge in [-0.3, -0.25) is 0 Å². The maximum absolute atomic E-state index is 5.94. The van der Waals surface area contributed by atoms with E-state index in [4.69, 9.17) is 4.74 Å². The van der Waals surface area contributed by atoms with Crippen molar-refractivity contribution in [3.05, 3.63) is 63.6 Å². The summed E-state index contributed by atoms with van der Waals surface area (Å²) >= 11 is 3.44. The van der Waals surface area contributed by atoms with Crippen LogP contribution in [0.2, 0.25) is 0 Å². The highest BCUT2D eigenvalue weighted by Crippen LogP contribution is 2.25. The van der Waals surface area contributed by atoms with Crippen molar-refractivity contribution in [2.75, 3.05) is 0 Å². The second kappa shape index (κ2) is 6.25. The van der Waals surface area contributed by atoms with Crippen LogP contribution in [0.1, 0.15) is 36.5 Å². The van der Waals surface area contributed by atoms with Crippen molar-refractivity contribution in [1.29, 1.82) is 0 Å². The SMILES string of the molecule is Cc1ccc(C(C)C)cc1OCc1ccc(Br)cc1. The third kappa shape index (κ3) is 3.84. The number of rotatable bonds is 4. The Morgan fingerprint density at radius 1 is 1.05 bits per heavy atom. The van der Waals surface area contributed by atoms with Gasteiger partial charge in [0.1, 0.15) is 12.4 Å². The molecule has 0 bridgehead atoms. The molecule has 1 nitrogen and oxygen atoms in total. The molecule has 100 valence electrons. The Morgan fingerprint density at radius 2 is 1.74 bits per heavy atom. The number of halogens is 1. The Bertz CT molecular complexity index is 544. The molecule has 2 aromatic rings. The van der Waals surface area contributed by atoms with Gasteiger partial charge in [-0.1, -0.05) is 54.0 Å². The molecular weight excluding hydrogens is 300 g/mol. The van der Waals surface area contributed by atoms with Gasteiger partial charge in [-0.15, -0.1) is 0 Å². The van der Waals surface area contributed by atoms with Gasteiger partial charge in [0.2, 0.25) is 0 Å². The average molecular weight is 319 g/mol. The van der Waals surface area contributed by atoms with E-state index in [-0.39, 0.29) is 0 Å². The quantitative estimate of drug-likeness (QED) is 0.727. The van der Waals surface area contributed by atoms with E-state index in [1.165, 1.54) is 16.7 Å². The number of ether oxygens (including phenoxy) is 1. The van der Waals surface area contributed by atoms with Crippen molar-refractivity contribution in [1.82, 2.24) is 0 Å². The van der Waals surface area contributed by atoms with Gasteiger partial charge in [-0.05, 0) is 47.7 Å². The maximum Gasteiger partial charge on any atom is 0.122 e. The van der Waals surface area contributed by atoms with Gasteiger partial charge < -0.3 is 4.74 Å². The number of hydrogen-bond acceptors (Lipinski definition) is 1. The van der Waals surface area contributed by atoms with Crippen molar-refractivity contribution >= 4 is 15.9 Å². The molecule has 0 aromatic heterocycles. The summed E-state index contributed by atoms with van der Waals surface area (Å²) in [5.41, 5.74) is 3.68. The van der Waals surface area contributed by atoms with E-state index < -0.39 is 0 Å². The Morgan fingerprint density at radius 3 is 2.37 bits per heavy atom. The van der Waals surface area contributed by atoms with Crippen molar-refractivity contribution in [3.63, 3.8) is 0 Å². The van der Waals surface area contributed by atoms with E-state index in [2.05, 4.69) is 67.0 Å². The zero-order valence-electron chi connectivity index (χ0n) is 11.6. The molecular formula is C17H19BrO. The third-order valence-electron chi connectivity index (χ3n) is 3.19. The highest BCUT2D eigenvalue weighted by Gasteiger charge is 2.05. The molecule has 19 heavy (non-hydrogen) atoms. The fraction of sp³-hybridized carbons (Fsp3) is 0.294. The Balaban J connectivity index is 2.10. The van der Waals surface area contributed by atoms with Gasteiger partial charge in [-0.2, -0.15) is 0 Å². The highest BCUT2D eigenvalue weighted by molar-refractivity contribution is 9.10. The zero-order chi connectivity index (χ0) is 13.8. The lowest BCUT2D eigenvalue weighted by Crippen LogP contribution is -1.98. The minimum Gasteiger partial charge on any atom is -0.489 e. The molecule has 0 saturated carbocycles. The first-order valence-electron chi connectivity index (χ1n) is 6.54. The van der Waals surface area contributed by atoms with Crippen LogP contribution in [0.5, 0.6) is 5.75 Å². The summed E-state index contributed by atoms with van der Waals surface area (Å²) in [5, 5.41) is 0.